The molecule has 2 N–H and O–H groups in total. The Bertz CT molecular complexity index is 521. The third-order valence-corrected chi connectivity index (χ3v) is 3.72. The zero-order valence-corrected chi connectivity index (χ0v) is 14.5. The molecular formula is C18H28N2O3. The molecule has 5 nitrogen and oxygen atoms in total. The van der Waals surface area contributed by atoms with E-state index in [-0.39, 0.29) is 12.1 Å². The molecule has 1 atom stereocenters. The fourth-order valence-corrected chi connectivity index (χ4v) is 2.45. The fourth-order valence-electron chi connectivity index (χ4n) is 2.45. The monoisotopic (exact) mass is 320 g/mol. The van der Waals surface area contributed by atoms with Crippen LogP contribution in [0.3, 0.4) is 0 Å². The molecule has 1 aromatic rings. The minimum absolute atomic E-state index is 0.121. The number of nitrogens with one attached hydrogen (secondary N) is 2. The molecule has 0 heterocycles. The van der Waals surface area contributed by atoms with Crippen LogP contribution < -0.4 is 15.4 Å². The summed E-state index contributed by atoms with van der Waals surface area (Å²) in [7, 11) is 1.67. The molecular weight excluding hydrogens is 292 g/mol. The number of alkyl carbamates (subject to hydrolysis) is 1. The van der Waals surface area contributed by atoms with Gasteiger partial charge in [-0.25, -0.2) is 4.79 Å². The van der Waals surface area contributed by atoms with Gasteiger partial charge in [0.15, 0.2) is 0 Å². The van der Waals surface area contributed by atoms with E-state index < -0.39 is 5.60 Å². The van der Waals surface area contributed by atoms with Crippen molar-refractivity contribution in [2.45, 2.75) is 51.8 Å². The summed E-state index contributed by atoms with van der Waals surface area (Å²) in [4.78, 5) is 11.9. The highest BCUT2D eigenvalue weighted by atomic mass is 16.6. The summed E-state index contributed by atoms with van der Waals surface area (Å²) in [6.45, 7) is 7.11. The van der Waals surface area contributed by atoms with E-state index in [2.05, 4.69) is 16.7 Å². The second kappa shape index (κ2) is 7.68. The number of carbonyl (C=O) groups excluding carboxylic acids is 1. The minimum Gasteiger partial charge on any atom is -0.497 e. The van der Waals surface area contributed by atoms with E-state index in [0.29, 0.717) is 5.92 Å². The first-order chi connectivity index (χ1) is 10.9. The molecule has 1 amide bonds. The highest BCUT2D eigenvalue weighted by Gasteiger charge is 2.33. The third kappa shape index (κ3) is 6.48. The van der Waals surface area contributed by atoms with Gasteiger partial charge < -0.3 is 20.1 Å². The molecule has 5 heteroatoms. The summed E-state index contributed by atoms with van der Waals surface area (Å²) in [5.74, 6) is 1.41. The smallest absolute Gasteiger partial charge is 0.407 e. The van der Waals surface area contributed by atoms with E-state index >= 15 is 0 Å². The summed E-state index contributed by atoms with van der Waals surface area (Å²) >= 11 is 0. The third-order valence-electron chi connectivity index (χ3n) is 3.72. The molecule has 0 spiro atoms. The van der Waals surface area contributed by atoms with Crippen LogP contribution in [-0.4, -0.2) is 31.4 Å². The van der Waals surface area contributed by atoms with Gasteiger partial charge in [0.2, 0.25) is 0 Å². The van der Waals surface area contributed by atoms with Crippen molar-refractivity contribution >= 4 is 6.09 Å². The van der Waals surface area contributed by atoms with Gasteiger partial charge >= 0.3 is 6.09 Å². The average molecular weight is 320 g/mol. The maximum Gasteiger partial charge on any atom is 0.407 e. The summed E-state index contributed by atoms with van der Waals surface area (Å²) < 4.78 is 10.6. The molecule has 1 saturated carbocycles. The molecule has 1 aliphatic rings. The van der Waals surface area contributed by atoms with Crippen molar-refractivity contribution in [1.29, 1.82) is 0 Å². The Hall–Kier alpha value is -1.75. The molecule has 1 aliphatic carbocycles. The Kier molecular flexibility index (Phi) is 5.88. The minimum atomic E-state index is -0.466. The van der Waals surface area contributed by atoms with Crippen LogP contribution in [-0.2, 0) is 11.3 Å². The lowest BCUT2D eigenvalue weighted by molar-refractivity contribution is 0.0497. The first-order valence-corrected chi connectivity index (χ1v) is 8.20. The number of methoxy groups -OCH3 is 1. The fraction of sp³-hybridized carbons (Fsp3) is 0.611. The van der Waals surface area contributed by atoms with Gasteiger partial charge in [-0.3, -0.25) is 0 Å². The molecule has 1 unspecified atom stereocenters. The summed E-state index contributed by atoms with van der Waals surface area (Å²) in [5.41, 5.74) is 0.697. The number of carbonyl (C=O) groups is 1. The van der Waals surface area contributed by atoms with Gasteiger partial charge in [0.1, 0.15) is 11.4 Å². The molecule has 0 saturated heterocycles. The van der Waals surface area contributed by atoms with Crippen molar-refractivity contribution in [1.82, 2.24) is 10.6 Å². The Morgan fingerprint density at radius 2 is 2.09 bits per heavy atom. The van der Waals surface area contributed by atoms with E-state index in [4.69, 9.17) is 9.47 Å². The topological polar surface area (TPSA) is 59.6 Å². The highest BCUT2D eigenvalue weighted by Crippen LogP contribution is 2.32. The van der Waals surface area contributed by atoms with Gasteiger partial charge in [-0.15, -0.1) is 0 Å². The van der Waals surface area contributed by atoms with Gasteiger partial charge in [-0.05, 0) is 57.2 Å². The van der Waals surface area contributed by atoms with Crippen molar-refractivity contribution in [3.8, 4) is 5.75 Å². The standard InChI is InChI=1S/C18H28N2O3/c1-18(2,3)23-17(21)20-16(14-8-9-14)12-19-11-13-6-5-7-15(10-13)22-4/h5-7,10,14,16,19H,8-9,11-12H2,1-4H3,(H,20,21). The van der Waals surface area contributed by atoms with Crippen LogP contribution in [0.1, 0.15) is 39.2 Å². The van der Waals surface area contributed by atoms with Crippen LogP contribution in [0.4, 0.5) is 4.79 Å². The Morgan fingerprint density at radius 1 is 1.35 bits per heavy atom. The Balaban J connectivity index is 1.79. The van der Waals surface area contributed by atoms with Gasteiger partial charge in [-0.1, -0.05) is 12.1 Å². The predicted octanol–water partition coefficient (Wildman–Crippen LogP) is 3.09. The lowest BCUT2D eigenvalue weighted by Gasteiger charge is -2.24. The normalized spacial score (nSPS) is 15.8. The summed E-state index contributed by atoms with van der Waals surface area (Å²) in [5, 5.41) is 6.41. The van der Waals surface area contributed by atoms with Crippen molar-refractivity contribution in [2.24, 2.45) is 5.92 Å². The van der Waals surface area contributed by atoms with E-state index in [1.54, 1.807) is 7.11 Å². The van der Waals surface area contributed by atoms with E-state index in [1.807, 2.05) is 39.0 Å². The molecule has 0 aliphatic heterocycles. The zero-order chi connectivity index (χ0) is 16.9. The lowest BCUT2D eigenvalue weighted by Crippen LogP contribution is -2.45. The quantitative estimate of drug-likeness (QED) is 0.810. The molecule has 0 radical (unpaired) electrons. The maximum atomic E-state index is 11.9. The van der Waals surface area contributed by atoms with Gasteiger partial charge in [0, 0.05) is 19.1 Å². The second-order valence-corrected chi connectivity index (χ2v) is 7.07. The van der Waals surface area contributed by atoms with Gasteiger partial charge in [-0.2, -0.15) is 0 Å². The number of hydrogen-bond donors (Lipinski definition) is 2. The average Bonchev–Trinajstić information content (AvgIpc) is 3.29. The number of hydrogen-bond acceptors (Lipinski definition) is 4. The Morgan fingerprint density at radius 3 is 2.70 bits per heavy atom. The lowest BCUT2D eigenvalue weighted by atomic mass is 10.1. The van der Waals surface area contributed by atoms with Crippen LogP contribution in [0, 0.1) is 5.92 Å². The van der Waals surface area contributed by atoms with E-state index in [0.717, 1.165) is 24.4 Å². The van der Waals surface area contributed by atoms with Crippen LogP contribution in [0.5, 0.6) is 5.75 Å². The first-order valence-electron chi connectivity index (χ1n) is 8.20. The largest absolute Gasteiger partial charge is 0.497 e. The first kappa shape index (κ1) is 17.6. The number of amides is 1. The van der Waals surface area contributed by atoms with Gasteiger partial charge in [0.25, 0.3) is 0 Å². The highest BCUT2D eigenvalue weighted by molar-refractivity contribution is 5.68. The molecule has 2 rings (SSSR count). The van der Waals surface area contributed by atoms with Crippen molar-refractivity contribution < 1.29 is 14.3 Å². The van der Waals surface area contributed by atoms with Crippen LogP contribution in [0.25, 0.3) is 0 Å². The number of benzene rings is 1. The second-order valence-electron chi connectivity index (χ2n) is 7.07. The molecule has 23 heavy (non-hydrogen) atoms. The predicted molar refractivity (Wildman–Crippen MR) is 90.6 cm³/mol. The number of ether oxygens (including phenoxy) is 2. The van der Waals surface area contributed by atoms with Crippen molar-refractivity contribution in [3.63, 3.8) is 0 Å². The van der Waals surface area contributed by atoms with Crippen LogP contribution >= 0.6 is 0 Å². The summed E-state index contributed by atoms with van der Waals surface area (Å²) in [6.07, 6.45) is 2.00. The van der Waals surface area contributed by atoms with Crippen LogP contribution in [0.2, 0.25) is 0 Å². The summed E-state index contributed by atoms with van der Waals surface area (Å²) in [6, 6.07) is 8.10. The van der Waals surface area contributed by atoms with Crippen LogP contribution in [0.15, 0.2) is 24.3 Å². The molecule has 0 bridgehead atoms. The molecule has 1 aromatic carbocycles. The maximum absolute atomic E-state index is 11.9. The van der Waals surface area contributed by atoms with Crippen molar-refractivity contribution in [3.05, 3.63) is 29.8 Å². The van der Waals surface area contributed by atoms with E-state index in [1.165, 1.54) is 12.8 Å². The molecule has 128 valence electrons. The zero-order valence-electron chi connectivity index (χ0n) is 14.5. The molecule has 1 fully saturated rings. The molecule has 0 aromatic heterocycles. The Labute approximate surface area is 138 Å². The SMILES string of the molecule is COc1cccc(CNCC(NC(=O)OC(C)(C)C)C2CC2)c1. The number of rotatable bonds is 7. The van der Waals surface area contributed by atoms with Crippen molar-refractivity contribution in [2.75, 3.05) is 13.7 Å². The van der Waals surface area contributed by atoms with E-state index in [9.17, 15) is 4.79 Å². The van der Waals surface area contributed by atoms with Gasteiger partial charge in [0.05, 0.1) is 7.11 Å².